The van der Waals surface area contributed by atoms with Crippen molar-refractivity contribution >= 4 is 21.9 Å². The summed E-state index contributed by atoms with van der Waals surface area (Å²) in [6, 6.07) is 5.73. The van der Waals surface area contributed by atoms with Crippen molar-refractivity contribution in [1.29, 1.82) is 0 Å². The molecule has 1 aliphatic rings. The maximum atomic E-state index is 11.7. The smallest absolute Gasteiger partial charge is 0.347 e. The average Bonchev–Trinajstić information content (AvgIpc) is 2.59. The molecule has 0 fully saturated rings. The summed E-state index contributed by atoms with van der Waals surface area (Å²) in [4.78, 5) is 11.7. The van der Waals surface area contributed by atoms with Crippen molar-refractivity contribution in [3.63, 3.8) is 0 Å². The Morgan fingerprint density at radius 1 is 1.56 bits per heavy atom. The lowest BCUT2D eigenvalue weighted by Crippen LogP contribution is -2.29. The minimum absolute atomic E-state index is 0.105. The molecule has 1 aliphatic heterocycles. The van der Waals surface area contributed by atoms with E-state index in [1.54, 1.807) is 0 Å². The number of carbonyl (C=O) groups excluding carboxylic acids is 1. The molecule has 0 aliphatic carbocycles. The molecule has 0 N–H and O–H groups in total. The number of rotatable bonds is 2. The molecular weight excluding hydrogens is 272 g/mol. The quantitative estimate of drug-likeness (QED) is 0.784. The number of hydrogen-bond acceptors (Lipinski definition) is 3. The number of ether oxygens (including phenoxy) is 2. The Hall–Kier alpha value is -1.03. The lowest BCUT2D eigenvalue weighted by Gasteiger charge is -2.12. The first kappa shape index (κ1) is 11.5. The van der Waals surface area contributed by atoms with Gasteiger partial charge in [-0.05, 0) is 37.6 Å². The highest BCUT2D eigenvalue weighted by Gasteiger charge is 2.30. The molecular formula is C12H13BrO3. The van der Waals surface area contributed by atoms with Crippen LogP contribution in [0, 0.1) is 0 Å². The van der Waals surface area contributed by atoms with Crippen molar-refractivity contribution in [2.75, 3.05) is 0 Å². The molecule has 86 valence electrons. The second-order valence-electron chi connectivity index (χ2n) is 4.05. The third kappa shape index (κ3) is 2.38. The topological polar surface area (TPSA) is 35.5 Å². The van der Waals surface area contributed by atoms with E-state index >= 15 is 0 Å². The molecule has 0 spiro atoms. The van der Waals surface area contributed by atoms with Gasteiger partial charge in [0, 0.05) is 10.9 Å². The fourth-order valence-electron chi connectivity index (χ4n) is 1.66. The van der Waals surface area contributed by atoms with Gasteiger partial charge in [0.15, 0.2) is 6.10 Å². The summed E-state index contributed by atoms with van der Waals surface area (Å²) < 4.78 is 11.6. The van der Waals surface area contributed by atoms with Crippen LogP contribution in [0.3, 0.4) is 0 Å². The van der Waals surface area contributed by atoms with Gasteiger partial charge in [-0.1, -0.05) is 15.9 Å². The SMILES string of the molecule is CC(C)OC(=O)C1Cc2cc(Br)ccc2O1. The van der Waals surface area contributed by atoms with Gasteiger partial charge in [-0.25, -0.2) is 4.79 Å². The molecule has 1 heterocycles. The lowest BCUT2D eigenvalue weighted by atomic mass is 10.1. The molecule has 0 bridgehead atoms. The Morgan fingerprint density at radius 3 is 3.00 bits per heavy atom. The van der Waals surface area contributed by atoms with E-state index in [1.807, 2.05) is 32.0 Å². The molecule has 1 unspecified atom stereocenters. The van der Waals surface area contributed by atoms with Crippen LogP contribution < -0.4 is 4.74 Å². The van der Waals surface area contributed by atoms with Crippen LogP contribution >= 0.6 is 15.9 Å². The van der Waals surface area contributed by atoms with Crippen LogP contribution in [0.4, 0.5) is 0 Å². The summed E-state index contributed by atoms with van der Waals surface area (Å²) in [7, 11) is 0. The molecule has 0 radical (unpaired) electrons. The lowest BCUT2D eigenvalue weighted by molar-refractivity contribution is -0.154. The first-order valence-corrected chi connectivity index (χ1v) is 6.01. The third-order valence-electron chi connectivity index (χ3n) is 2.31. The molecule has 1 atom stereocenters. The summed E-state index contributed by atoms with van der Waals surface area (Å²) in [6.07, 6.45) is -0.0152. The van der Waals surface area contributed by atoms with Crippen LogP contribution in [0.5, 0.6) is 5.75 Å². The third-order valence-corrected chi connectivity index (χ3v) is 2.81. The highest BCUT2D eigenvalue weighted by Crippen LogP contribution is 2.31. The van der Waals surface area contributed by atoms with E-state index in [9.17, 15) is 4.79 Å². The van der Waals surface area contributed by atoms with Crippen LogP contribution in [-0.2, 0) is 16.0 Å². The summed E-state index contributed by atoms with van der Waals surface area (Å²) in [5.74, 6) is 0.483. The fourth-order valence-corrected chi connectivity index (χ4v) is 2.07. The molecule has 1 aromatic rings. The first-order valence-electron chi connectivity index (χ1n) is 5.22. The average molecular weight is 285 g/mol. The number of benzene rings is 1. The molecule has 0 amide bonds. The molecule has 0 aromatic heterocycles. The zero-order chi connectivity index (χ0) is 11.7. The van der Waals surface area contributed by atoms with Gasteiger partial charge in [0.05, 0.1) is 6.10 Å². The number of hydrogen-bond donors (Lipinski definition) is 0. The molecule has 1 aromatic carbocycles. The van der Waals surface area contributed by atoms with Gasteiger partial charge in [-0.2, -0.15) is 0 Å². The second-order valence-corrected chi connectivity index (χ2v) is 4.96. The van der Waals surface area contributed by atoms with Gasteiger partial charge in [0.25, 0.3) is 0 Å². The van der Waals surface area contributed by atoms with Crippen LogP contribution in [0.25, 0.3) is 0 Å². The second kappa shape index (κ2) is 4.45. The largest absolute Gasteiger partial charge is 0.478 e. The molecule has 0 saturated heterocycles. The van der Waals surface area contributed by atoms with Gasteiger partial charge in [0.2, 0.25) is 0 Å². The van der Waals surface area contributed by atoms with E-state index in [1.165, 1.54) is 0 Å². The standard InChI is InChI=1S/C12H13BrO3/c1-7(2)15-12(14)11-6-8-5-9(13)3-4-10(8)16-11/h3-5,7,11H,6H2,1-2H3. The van der Waals surface area contributed by atoms with E-state index in [0.29, 0.717) is 6.42 Å². The van der Waals surface area contributed by atoms with E-state index < -0.39 is 6.10 Å². The Morgan fingerprint density at radius 2 is 2.31 bits per heavy atom. The molecule has 0 saturated carbocycles. The van der Waals surface area contributed by atoms with Crippen molar-refractivity contribution in [3.8, 4) is 5.75 Å². The zero-order valence-electron chi connectivity index (χ0n) is 9.20. The predicted octanol–water partition coefficient (Wildman–Crippen LogP) is 2.70. The highest BCUT2D eigenvalue weighted by atomic mass is 79.9. The Bertz CT molecular complexity index is 415. The summed E-state index contributed by atoms with van der Waals surface area (Å²) in [6.45, 7) is 3.66. The molecule has 3 nitrogen and oxygen atoms in total. The van der Waals surface area contributed by atoms with E-state index in [2.05, 4.69) is 15.9 Å². The Kier molecular flexibility index (Phi) is 3.19. The normalized spacial score (nSPS) is 18.1. The summed E-state index contributed by atoms with van der Waals surface area (Å²) >= 11 is 3.39. The Labute approximate surface area is 103 Å². The number of halogens is 1. The van der Waals surface area contributed by atoms with Gasteiger partial charge >= 0.3 is 5.97 Å². The van der Waals surface area contributed by atoms with Crippen molar-refractivity contribution < 1.29 is 14.3 Å². The maximum Gasteiger partial charge on any atom is 0.347 e. The number of fused-ring (bicyclic) bond motifs is 1. The van der Waals surface area contributed by atoms with Crippen molar-refractivity contribution in [3.05, 3.63) is 28.2 Å². The molecule has 16 heavy (non-hydrogen) atoms. The minimum atomic E-state index is -0.494. The van der Waals surface area contributed by atoms with Crippen LogP contribution in [-0.4, -0.2) is 18.2 Å². The fraction of sp³-hybridized carbons (Fsp3) is 0.417. The minimum Gasteiger partial charge on any atom is -0.478 e. The van der Waals surface area contributed by atoms with E-state index in [-0.39, 0.29) is 12.1 Å². The molecule has 4 heteroatoms. The predicted molar refractivity (Wildman–Crippen MR) is 63.5 cm³/mol. The van der Waals surface area contributed by atoms with E-state index in [4.69, 9.17) is 9.47 Å². The van der Waals surface area contributed by atoms with Crippen LogP contribution in [0.2, 0.25) is 0 Å². The van der Waals surface area contributed by atoms with Crippen molar-refractivity contribution in [2.24, 2.45) is 0 Å². The number of esters is 1. The van der Waals surface area contributed by atoms with Gasteiger partial charge in [-0.3, -0.25) is 0 Å². The molecule has 2 rings (SSSR count). The summed E-state index contributed by atoms with van der Waals surface area (Å²) in [5.41, 5.74) is 1.04. The van der Waals surface area contributed by atoms with Crippen molar-refractivity contribution in [2.45, 2.75) is 32.5 Å². The van der Waals surface area contributed by atoms with Crippen LogP contribution in [0.1, 0.15) is 19.4 Å². The van der Waals surface area contributed by atoms with Gasteiger partial charge < -0.3 is 9.47 Å². The monoisotopic (exact) mass is 284 g/mol. The van der Waals surface area contributed by atoms with Gasteiger partial charge in [-0.15, -0.1) is 0 Å². The number of carbonyl (C=O) groups is 1. The van der Waals surface area contributed by atoms with Crippen LogP contribution in [0.15, 0.2) is 22.7 Å². The first-order chi connectivity index (χ1) is 7.56. The maximum absolute atomic E-state index is 11.7. The highest BCUT2D eigenvalue weighted by molar-refractivity contribution is 9.10. The zero-order valence-corrected chi connectivity index (χ0v) is 10.8. The van der Waals surface area contributed by atoms with Gasteiger partial charge in [0.1, 0.15) is 5.75 Å². The Balaban J connectivity index is 2.08. The summed E-state index contributed by atoms with van der Waals surface area (Å²) in [5, 5.41) is 0. The van der Waals surface area contributed by atoms with Crippen molar-refractivity contribution in [1.82, 2.24) is 0 Å². The van der Waals surface area contributed by atoms with E-state index in [0.717, 1.165) is 15.8 Å².